The number of benzene rings is 2. The Bertz CT molecular complexity index is 736. The molecule has 23 heavy (non-hydrogen) atoms. The molecular formula is C20H20F2O. The van der Waals surface area contributed by atoms with Crippen LogP contribution in [0.1, 0.15) is 47.1 Å². The van der Waals surface area contributed by atoms with Crippen LogP contribution in [-0.2, 0) is 0 Å². The molecule has 0 unspecified atom stereocenters. The van der Waals surface area contributed by atoms with Crippen LogP contribution in [0.3, 0.4) is 0 Å². The van der Waals surface area contributed by atoms with Crippen molar-refractivity contribution in [3.8, 4) is 5.75 Å². The number of aryl methyl sites for hydroxylation is 2. The fourth-order valence-electron chi connectivity index (χ4n) is 4.06. The van der Waals surface area contributed by atoms with E-state index in [9.17, 15) is 8.78 Å². The highest BCUT2D eigenvalue weighted by Crippen LogP contribution is 2.58. The topological polar surface area (TPSA) is 9.23 Å². The molecule has 2 aliphatic rings. The highest BCUT2D eigenvalue weighted by molar-refractivity contribution is 5.44. The van der Waals surface area contributed by atoms with Gasteiger partial charge in [0.25, 0.3) is 0 Å². The molecule has 3 atom stereocenters. The molecule has 0 radical (unpaired) electrons. The molecule has 1 heterocycles. The third-order valence-corrected chi connectivity index (χ3v) is 5.18. The van der Waals surface area contributed by atoms with Gasteiger partial charge in [0.05, 0.1) is 0 Å². The highest BCUT2D eigenvalue weighted by atomic mass is 19.3. The average Bonchev–Trinajstić information content (AvgIpc) is 2.83. The Hall–Kier alpha value is -1.90. The monoisotopic (exact) mass is 314 g/mol. The van der Waals surface area contributed by atoms with Gasteiger partial charge >= 0.3 is 0 Å². The van der Waals surface area contributed by atoms with E-state index in [4.69, 9.17) is 4.74 Å². The number of ether oxygens (including phenoxy) is 1. The van der Waals surface area contributed by atoms with Crippen LogP contribution in [0.2, 0.25) is 0 Å². The lowest BCUT2D eigenvalue weighted by Gasteiger charge is -2.36. The van der Waals surface area contributed by atoms with Crippen LogP contribution in [0, 0.1) is 19.8 Å². The van der Waals surface area contributed by atoms with Crippen LogP contribution >= 0.6 is 0 Å². The van der Waals surface area contributed by atoms with Crippen molar-refractivity contribution in [2.75, 3.05) is 0 Å². The molecule has 0 spiro atoms. The lowest BCUT2D eigenvalue weighted by molar-refractivity contribution is -0.00231. The van der Waals surface area contributed by atoms with E-state index in [2.05, 4.69) is 0 Å². The quantitative estimate of drug-likeness (QED) is 0.669. The molecule has 1 fully saturated rings. The van der Waals surface area contributed by atoms with E-state index < -0.39 is 5.92 Å². The van der Waals surface area contributed by atoms with Crippen LogP contribution < -0.4 is 4.74 Å². The minimum atomic E-state index is -2.60. The molecule has 1 saturated carbocycles. The van der Waals surface area contributed by atoms with Gasteiger partial charge in [-0.15, -0.1) is 0 Å². The summed E-state index contributed by atoms with van der Waals surface area (Å²) in [6.07, 6.45) is -0.451. The summed E-state index contributed by atoms with van der Waals surface area (Å²) >= 11 is 0. The Morgan fingerprint density at radius 3 is 2.39 bits per heavy atom. The predicted molar refractivity (Wildman–Crippen MR) is 86.1 cm³/mol. The first-order valence-corrected chi connectivity index (χ1v) is 8.14. The van der Waals surface area contributed by atoms with E-state index in [1.54, 1.807) is 0 Å². The van der Waals surface area contributed by atoms with Crippen molar-refractivity contribution in [1.29, 1.82) is 0 Å². The Morgan fingerprint density at radius 1 is 0.957 bits per heavy atom. The van der Waals surface area contributed by atoms with Gasteiger partial charge in [-0.25, -0.2) is 8.78 Å². The zero-order chi connectivity index (χ0) is 16.2. The van der Waals surface area contributed by atoms with Gasteiger partial charge in [-0.05, 0) is 31.0 Å². The average molecular weight is 314 g/mol. The standard InChI is InChI=1S/C20H20F2O/c1-12-3-6-14(7-4-12)19-17-11-20(21,22)10-16(17)15-9-13(2)5-8-18(15)23-19/h3-9,16-17,19H,10-11H2,1-2H3/t16-,17-,19-/m1/s1. The second-order valence-corrected chi connectivity index (χ2v) is 7.02. The zero-order valence-corrected chi connectivity index (χ0v) is 13.4. The fourth-order valence-corrected chi connectivity index (χ4v) is 4.06. The number of rotatable bonds is 1. The maximum Gasteiger partial charge on any atom is 0.249 e. The summed E-state index contributed by atoms with van der Waals surface area (Å²) in [7, 11) is 0. The van der Waals surface area contributed by atoms with E-state index in [1.165, 1.54) is 0 Å². The Balaban J connectivity index is 1.80. The van der Waals surface area contributed by atoms with Crippen LogP contribution in [-0.4, -0.2) is 5.92 Å². The van der Waals surface area contributed by atoms with Crippen molar-refractivity contribution in [3.63, 3.8) is 0 Å². The lowest BCUT2D eigenvalue weighted by Crippen LogP contribution is -2.27. The maximum absolute atomic E-state index is 14.1. The van der Waals surface area contributed by atoms with Crippen molar-refractivity contribution in [3.05, 3.63) is 64.7 Å². The molecule has 1 nitrogen and oxygen atoms in total. The molecule has 0 amide bonds. The van der Waals surface area contributed by atoms with E-state index in [0.717, 1.165) is 28.0 Å². The molecule has 1 aliphatic heterocycles. The number of fused-ring (bicyclic) bond motifs is 3. The Labute approximate surface area is 135 Å². The molecule has 0 N–H and O–H groups in total. The summed E-state index contributed by atoms with van der Waals surface area (Å²) in [6.45, 7) is 4.02. The number of halogens is 2. The Kier molecular flexibility index (Phi) is 3.22. The molecule has 3 heteroatoms. The van der Waals surface area contributed by atoms with E-state index in [1.807, 2.05) is 56.3 Å². The minimum Gasteiger partial charge on any atom is -0.485 e. The van der Waals surface area contributed by atoms with Crippen molar-refractivity contribution < 1.29 is 13.5 Å². The van der Waals surface area contributed by atoms with Crippen molar-refractivity contribution in [1.82, 2.24) is 0 Å². The first kappa shape index (κ1) is 14.7. The summed E-state index contributed by atoms with van der Waals surface area (Å²) in [5.74, 6) is -2.13. The summed E-state index contributed by atoms with van der Waals surface area (Å²) in [6, 6.07) is 14.0. The second-order valence-electron chi connectivity index (χ2n) is 7.02. The van der Waals surface area contributed by atoms with Crippen LogP contribution in [0.15, 0.2) is 42.5 Å². The van der Waals surface area contributed by atoms with Gasteiger partial charge in [0.15, 0.2) is 0 Å². The molecule has 0 bridgehead atoms. The number of alkyl halides is 2. The third kappa shape index (κ3) is 2.52. The first-order valence-electron chi connectivity index (χ1n) is 8.14. The molecule has 0 aromatic heterocycles. The van der Waals surface area contributed by atoms with Crippen molar-refractivity contribution in [2.45, 2.75) is 44.6 Å². The van der Waals surface area contributed by atoms with Gasteiger partial charge < -0.3 is 4.74 Å². The van der Waals surface area contributed by atoms with E-state index >= 15 is 0 Å². The smallest absolute Gasteiger partial charge is 0.249 e. The van der Waals surface area contributed by atoms with Gasteiger partial charge in [0, 0.05) is 24.7 Å². The SMILES string of the molecule is Cc1ccc([C@H]2Oc3ccc(C)cc3[C@H]3CC(F)(F)C[C@H]32)cc1. The van der Waals surface area contributed by atoms with E-state index in [-0.39, 0.29) is 30.8 Å². The maximum atomic E-state index is 14.1. The predicted octanol–water partition coefficient (Wildman–Crippen LogP) is 5.57. The molecular weight excluding hydrogens is 294 g/mol. The Morgan fingerprint density at radius 2 is 1.65 bits per heavy atom. The van der Waals surface area contributed by atoms with E-state index in [0.29, 0.717) is 0 Å². The number of hydrogen-bond donors (Lipinski definition) is 0. The summed E-state index contributed by atoms with van der Waals surface area (Å²) in [5.41, 5.74) is 4.20. The second kappa shape index (κ2) is 5.05. The lowest BCUT2D eigenvalue weighted by atomic mass is 9.79. The molecule has 120 valence electrons. The van der Waals surface area contributed by atoms with Gasteiger partial charge in [-0.1, -0.05) is 47.5 Å². The molecule has 1 aliphatic carbocycles. The molecule has 2 aromatic rings. The van der Waals surface area contributed by atoms with Gasteiger partial charge in [0.1, 0.15) is 11.9 Å². The highest BCUT2D eigenvalue weighted by Gasteiger charge is 2.53. The summed E-state index contributed by atoms with van der Waals surface area (Å²) < 4.78 is 34.5. The van der Waals surface area contributed by atoms with Crippen LogP contribution in [0.4, 0.5) is 8.78 Å². The molecule has 4 rings (SSSR count). The molecule has 2 aromatic carbocycles. The molecule has 0 saturated heterocycles. The van der Waals surface area contributed by atoms with Gasteiger partial charge in [-0.2, -0.15) is 0 Å². The summed E-state index contributed by atoms with van der Waals surface area (Å²) in [4.78, 5) is 0. The van der Waals surface area contributed by atoms with Gasteiger partial charge in [-0.3, -0.25) is 0 Å². The zero-order valence-electron chi connectivity index (χ0n) is 13.4. The first-order chi connectivity index (χ1) is 10.9. The third-order valence-electron chi connectivity index (χ3n) is 5.18. The van der Waals surface area contributed by atoms with Gasteiger partial charge in [0.2, 0.25) is 5.92 Å². The van der Waals surface area contributed by atoms with Crippen LogP contribution in [0.5, 0.6) is 5.75 Å². The number of hydrogen-bond acceptors (Lipinski definition) is 1. The van der Waals surface area contributed by atoms with Crippen LogP contribution in [0.25, 0.3) is 0 Å². The summed E-state index contributed by atoms with van der Waals surface area (Å²) in [5, 5.41) is 0. The largest absolute Gasteiger partial charge is 0.485 e. The van der Waals surface area contributed by atoms with Crippen molar-refractivity contribution >= 4 is 0 Å². The minimum absolute atomic E-state index is 0.0696. The fraction of sp³-hybridized carbons (Fsp3) is 0.400. The normalized spacial score (nSPS) is 27.9. The van der Waals surface area contributed by atoms with Crippen molar-refractivity contribution in [2.24, 2.45) is 5.92 Å².